The summed E-state index contributed by atoms with van der Waals surface area (Å²) in [6.07, 6.45) is -1.32. The minimum absolute atomic E-state index is 0.230. The van der Waals surface area contributed by atoms with Crippen molar-refractivity contribution in [2.45, 2.75) is 39.4 Å². The Morgan fingerprint density at radius 3 is 2.48 bits per heavy atom. The number of ether oxygens (including phenoxy) is 2. The number of alkyl carbamates (subject to hydrolysis) is 1. The van der Waals surface area contributed by atoms with Crippen LogP contribution in [-0.4, -0.2) is 36.8 Å². The normalized spacial score (nSPS) is 12.2. The maximum Gasteiger partial charge on any atom is 0.407 e. The van der Waals surface area contributed by atoms with Crippen molar-refractivity contribution >= 4 is 12.0 Å². The lowest BCUT2D eigenvalue weighted by molar-refractivity contribution is -0.127. The zero-order valence-electron chi connectivity index (χ0n) is 13.8. The van der Waals surface area contributed by atoms with E-state index in [1.165, 1.54) is 18.2 Å². The van der Waals surface area contributed by atoms with Gasteiger partial charge in [-0.25, -0.2) is 9.18 Å². The molecule has 6 nitrogen and oxygen atoms in total. The summed E-state index contributed by atoms with van der Waals surface area (Å²) in [7, 11) is 0. The molecule has 0 heterocycles. The number of benzene rings is 1. The molecule has 1 rings (SSSR count). The predicted octanol–water partition coefficient (Wildman–Crippen LogP) is 2.23. The van der Waals surface area contributed by atoms with Crippen LogP contribution in [0, 0.1) is 5.82 Å². The van der Waals surface area contributed by atoms with Gasteiger partial charge < -0.3 is 20.1 Å². The highest BCUT2D eigenvalue weighted by Gasteiger charge is 2.16. The Morgan fingerprint density at radius 2 is 1.87 bits per heavy atom. The molecule has 0 aliphatic heterocycles. The van der Waals surface area contributed by atoms with E-state index < -0.39 is 23.6 Å². The molecule has 1 atom stereocenters. The second-order valence-corrected chi connectivity index (χ2v) is 5.94. The van der Waals surface area contributed by atoms with E-state index in [0.717, 1.165) is 0 Å². The van der Waals surface area contributed by atoms with E-state index in [-0.39, 0.29) is 24.7 Å². The molecule has 2 amide bonds. The molecule has 1 unspecified atom stereocenters. The lowest BCUT2D eigenvalue weighted by atomic mass is 10.2. The monoisotopic (exact) mass is 326 g/mol. The quantitative estimate of drug-likeness (QED) is 0.786. The van der Waals surface area contributed by atoms with Crippen molar-refractivity contribution in [3.63, 3.8) is 0 Å². The predicted molar refractivity (Wildman–Crippen MR) is 83.7 cm³/mol. The van der Waals surface area contributed by atoms with Gasteiger partial charge in [-0.05, 0) is 39.8 Å². The minimum atomic E-state index is -0.779. The first-order valence-electron chi connectivity index (χ1n) is 7.34. The molecule has 7 heteroatoms. The third-order valence-electron chi connectivity index (χ3n) is 2.57. The van der Waals surface area contributed by atoms with Gasteiger partial charge in [-0.1, -0.05) is 6.07 Å². The fourth-order valence-corrected chi connectivity index (χ4v) is 1.61. The standard InChI is InChI=1S/C16H23FN2O4/c1-11(22-13-7-5-6-12(17)10-13)14(20)18-8-9-19-15(21)23-16(2,3)4/h5-7,10-11H,8-9H2,1-4H3,(H,18,20)(H,19,21). The summed E-state index contributed by atoms with van der Waals surface area (Å²) in [5.41, 5.74) is -0.569. The van der Waals surface area contributed by atoms with Gasteiger partial charge in [0, 0.05) is 19.2 Å². The smallest absolute Gasteiger partial charge is 0.407 e. The van der Waals surface area contributed by atoms with Crippen LogP contribution in [0.1, 0.15) is 27.7 Å². The lowest BCUT2D eigenvalue weighted by Gasteiger charge is -2.20. The van der Waals surface area contributed by atoms with Gasteiger partial charge in [0.1, 0.15) is 17.2 Å². The average molecular weight is 326 g/mol. The Balaban J connectivity index is 2.27. The highest BCUT2D eigenvalue weighted by Crippen LogP contribution is 2.13. The molecule has 1 aromatic rings. The fraction of sp³-hybridized carbons (Fsp3) is 0.500. The van der Waals surface area contributed by atoms with E-state index in [4.69, 9.17) is 9.47 Å². The fourth-order valence-electron chi connectivity index (χ4n) is 1.61. The van der Waals surface area contributed by atoms with Gasteiger partial charge >= 0.3 is 6.09 Å². The molecule has 0 aliphatic carbocycles. The maximum atomic E-state index is 13.0. The van der Waals surface area contributed by atoms with Gasteiger partial charge in [-0.15, -0.1) is 0 Å². The summed E-state index contributed by atoms with van der Waals surface area (Å²) in [5, 5.41) is 5.13. The van der Waals surface area contributed by atoms with Crippen molar-refractivity contribution in [3.05, 3.63) is 30.1 Å². The van der Waals surface area contributed by atoms with E-state index >= 15 is 0 Å². The Labute approximate surface area is 135 Å². The van der Waals surface area contributed by atoms with Crippen LogP contribution in [0.3, 0.4) is 0 Å². The Hall–Kier alpha value is -2.31. The second-order valence-electron chi connectivity index (χ2n) is 5.94. The van der Waals surface area contributed by atoms with Gasteiger partial charge in [0.25, 0.3) is 5.91 Å². The second kappa shape index (κ2) is 8.36. The molecular weight excluding hydrogens is 303 g/mol. The number of hydrogen-bond acceptors (Lipinski definition) is 4. The lowest BCUT2D eigenvalue weighted by Crippen LogP contribution is -2.41. The number of carbonyl (C=O) groups excluding carboxylic acids is 2. The van der Waals surface area contributed by atoms with E-state index in [1.54, 1.807) is 33.8 Å². The summed E-state index contributed by atoms with van der Waals surface area (Å²) in [4.78, 5) is 23.2. The topological polar surface area (TPSA) is 76.7 Å². The van der Waals surface area contributed by atoms with Crippen LogP contribution in [0.15, 0.2) is 24.3 Å². The molecule has 23 heavy (non-hydrogen) atoms. The molecule has 0 spiro atoms. The summed E-state index contributed by atoms with van der Waals surface area (Å²) in [6, 6.07) is 5.56. The first kappa shape index (κ1) is 18.7. The van der Waals surface area contributed by atoms with Crippen LogP contribution in [0.2, 0.25) is 0 Å². The van der Waals surface area contributed by atoms with Gasteiger partial charge in [-0.2, -0.15) is 0 Å². The highest BCUT2D eigenvalue weighted by molar-refractivity contribution is 5.80. The van der Waals surface area contributed by atoms with Crippen molar-refractivity contribution in [2.24, 2.45) is 0 Å². The molecule has 0 radical (unpaired) electrons. The molecule has 0 saturated heterocycles. The van der Waals surface area contributed by atoms with E-state index in [0.29, 0.717) is 0 Å². The molecule has 0 aliphatic rings. The summed E-state index contributed by atoms with van der Waals surface area (Å²) < 4.78 is 23.4. The maximum absolute atomic E-state index is 13.0. The number of hydrogen-bond donors (Lipinski definition) is 2. The van der Waals surface area contributed by atoms with Crippen molar-refractivity contribution in [1.82, 2.24) is 10.6 Å². The third-order valence-corrected chi connectivity index (χ3v) is 2.57. The zero-order chi connectivity index (χ0) is 17.5. The highest BCUT2D eigenvalue weighted by atomic mass is 19.1. The van der Waals surface area contributed by atoms with Crippen LogP contribution in [0.4, 0.5) is 9.18 Å². The largest absolute Gasteiger partial charge is 0.481 e. The summed E-state index contributed by atoms with van der Waals surface area (Å²) >= 11 is 0. The number of halogens is 1. The van der Waals surface area contributed by atoms with Gasteiger partial charge in [0.15, 0.2) is 6.10 Å². The van der Waals surface area contributed by atoms with Crippen molar-refractivity contribution in [1.29, 1.82) is 0 Å². The van der Waals surface area contributed by atoms with Crippen molar-refractivity contribution in [2.75, 3.05) is 13.1 Å². The summed E-state index contributed by atoms with van der Waals surface area (Å²) in [5.74, 6) is -0.517. The molecule has 128 valence electrons. The van der Waals surface area contributed by atoms with E-state index in [9.17, 15) is 14.0 Å². The van der Waals surface area contributed by atoms with Crippen molar-refractivity contribution in [3.8, 4) is 5.75 Å². The van der Waals surface area contributed by atoms with Crippen LogP contribution in [-0.2, 0) is 9.53 Å². The molecule has 1 aromatic carbocycles. The van der Waals surface area contributed by atoms with E-state index in [2.05, 4.69) is 10.6 Å². The first-order chi connectivity index (χ1) is 10.7. The van der Waals surface area contributed by atoms with Gasteiger partial charge in [-0.3, -0.25) is 4.79 Å². The summed E-state index contributed by atoms with van der Waals surface area (Å²) in [6.45, 7) is 7.31. The van der Waals surface area contributed by atoms with Crippen LogP contribution in [0.5, 0.6) is 5.75 Å². The zero-order valence-corrected chi connectivity index (χ0v) is 13.8. The Bertz CT molecular complexity index is 543. The van der Waals surface area contributed by atoms with Crippen LogP contribution in [0.25, 0.3) is 0 Å². The number of amides is 2. The number of nitrogens with one attached hydrogen (secondary N) is 2. The first-order valence-corrected chi connectivity index (χ1v) is 7.34. The molecule has 0 aromatic heterocycles. The average Bonchev–Trinajstić information content (AvgIpc) is 2.41. The molecule has 0 saturated carbocycles. The molecule has 0 bridgehead atoms. The molecular formula is C16H23FN2O4. The molecule has 0 fully saturated rings. The Kier molecular flexibility index (Phi) is 6.81. The minimum Gasteiger partial charge on any atom is -0.481 e. The van der Waals surface area contributed by atoms with Crippen LogP contribution >= 0.6 is 0 Å². The SMILES string of the molecule is CC(Oc1cccc(F)c1)C(=O)NCCNC(=O)OC(C)(C)C. The van der Waals surface area contributed by atoms with Crippen molar-refractivity contribution < 1.29 is 23.5 Å². The van der Waals surface area contributed by atoms with Gasteiger partial charge in [0.05, 0.1) is 0 Å². The van der Waals surface area contributed by atoms with Crippen LogP contribution < -0.4 is 15.4 Å². The van der Waals surface area contributed by atoms with Gasteiger partial charge in [0.2, 0.25) is 0 Å². The van der Waals surface area contributed by atoms with E-state index in [1.807, 2.05) is 0 Å². The third kappa shape index (κ3) is 8.04. The molecule has 2 N–H and O–H groups in total. The Morgan fingerprint density at radius 1 is 1.22 bits per heavy atom. The number of rotatable bonds is 6. The number of carbonyl (C=O) groups is 2.